The topological polar surface area (TPSA) is 166 Å². The van der Waals surface area contributed by atoms with E-state index >= 15 is 0 Å². The van der Waals surface area contributed by atoms with Gasteiger partial charge in [-0.25, -0.2) is 19.7 Å². The van der Waals surface area contributed by atoms with E-state index in [2.05, 4.69) is 35.9 Å². The number of aromatic nitrogens is 6. The van der Waals surface area contributed by atoms with Crippen LogP contribution in [0.3, 0.4) is 0 Å². The predicted octanol–water partition coefficient (Wildman–Crippen LogP) is 8.41. The van der Waals surface area contributed by atoms with Crippen LogP contribution >= 0.6 is 0 Å². The van der Waals surface area contributed by atoms with Gasteiger partial charge < -0.3 is 25.3 Å². The zero-order valence-electron chi connectivity index (χ0n) is 33.1. The molecule has 0 aliphatic carbocycles. The summed E-state index contributed by atoms with van der Waals surface area (Å²) in [6, 6.07) is 31.3. The molecule has 0 fully saturated rings. The fourth-order valence-electron chi connectivity index (χ4n) is 7.14. The summed E-state index contributed by atoms with van der Waals surface area (Å²) in [5, 5.41) is 9.20. The van der Waals surface area contributed by atoms with Crippen molar-refractivity contribution in [1.82, 2.24) is 34.8 Å². The second kappa shape index (κ2) is 17.3. The number of anilines is 3. The highest BCUT2D eigenvalue weighted by molar-refractivity contribution is 6.00. The second-order valence-electron chi connectivity index (χ2n) is 14.2. The van der Waals surface area contributed by atoms with Gasteiger partial charge in [-0.15, -0.1) is 0 Å². The van der Waals surface area contributed by atoms with Crippen molar-refractivity contribution in [3.63, 3.8) is 0 Å². The summed E-state index contributed by atoms with van der Waals surface area (Å²) in [5.74, 6) is -3.58. The average Bonchev–Trinajstić information content (AvgIpc) is 3.67. The summed E-state index contributed by atoms with van der Waals surface area (Å²) in [5.41, 5.74) is 5.25. The number of rotatable bonds is 12. The number of hydrogen-bond acceptors (Lipinski definition) is 10. The van der Waals surface area contributed by atoms with Crippen LogP contribution in [0.5, 0.6) is 0 Å². The third-order valence-electron chi connectivity index (χ3n) is 10.1. The molecule has 0 spiro atoms. The van der Waals surface area contributed by atoms with Gasteiger partial charge >= 0.3 is 12.1 Å². The van der Waals surface area contributed by atoms with Gasteiger partial charge in [0.1, 0.15) is 5.82 Å². The SMILES string of the molecule is CNC(=O)c1ccc2c(c1)nc(-c1cccc3cccnc13)n2[C@H](Cc1ccccc1)[C@H](OC(=O)C(F)(F)F)C(=O)Nc1ccc(C)c(Nc2nccc(-c3cccnc3)n2)c1. The van der Waals surface area contributed by atoms with Crippen molar-refractivity contribution >= 4 is 57.0 Å². The maximum atomic E-state index is 14.7. The largest absolute Gasteiger partial charge is 0.490 e. The maximum absolute atomic E-state index is 14.7. The number of imidazole rings is 1. The lowest BCUT2D eigenvalue weighted by molar-refractivity contribution is -0.206. The number of carbonyl (C=O) groups is 3. The molecule has 3 N–H and O–H groups in total. The molecule has 4 aromatic heterocycles. The van der Waals surface area contributed by atoms with Crippen LogP contribution in [0.25, 0.3) is 44.6 Å². The molecule has 8 aromatic rings. The third kappa shape index (κ3) is 8.65. The van der Waals surface area contributed by atoms with Crippen molar-refractivity contribution in [2.24, 2.45) is 0 Å². The summed E-state index contributed by atoms with van der Waals surface area (Å²) < 4.78 is 49.5. The first kappa shape index (κ1) is 40.8. The zero-order valence-corrected chi connectivity index (χ0v) is 33.1. The molecule has 0 unspecified atom stereocenters. The van der Waals surface area contributed by atoms with E-state index in [0.29, 0.717) is 33.5 Å². The van der Waals surface area contributed by atoms with Gasteiger partial charge in [0.05, 0.1) is 28.3 Å². The molecule has 13 nitrogen and oxygen atoms in total. The van der Waals surface area contributed by atoms with Gasteiger partial charge in [0.25, 0.3) is 11.8 Å². The molecule has 0 radical (unpaired) electrons. The van der Waals surface area contributed by atoms with Crippen LogP contribution in [0.15, 0.2) is 140 Å². The van der Waals surface area contributed by atoms with Crippen molar-refractivity contribution in [1.29, 1.82) is 0 Å². The Bertz CT molecular complexity index is 2940. The zero-order chi connectivity index (χ0) is 43.4. The number of nitrogens with one attached hydrogen (secondary N) is 3. The van der Waals surface area contributed by atoms with Crippen LogP contribution in [-0.2, 0) is 20.7 Å². The summed E-state index contributed by atoms with van der Waals surface area (Å²) in [4.78, 5) is 63.0. The smallest absolute Gasteiger partial charge is 0.443 e. The van der Waals surface area contributed by atoms with Crippen LogP contribution in [0.1, 0.15) is 27.5 Å². The van der Waals surface area contributed by atoms with E-state index in [1.807, 2.05) is 25.1 Å². The van der Waals surface area contributed by atoms with E-state index in [-0.39, 0.29) is 35.0 Å². The van der Waals surface area contributed by atoms with E-state index in [1.165, 1.54) is 13.1 Å². The Balaban J connectivity index is 1.26. The molecule has 0 aliphatic rings. The summed E-state index contributed by atoms with van der Waals surface area (Å²) in [6.07, 6.45) is -1.19. The monoisotopic (exact) mass is 835 g/mol. The number of para-hydroxylation sites is 1. The number of alkyl halides is 3. The van der Waals surface area contributed by atoms with Crippen molar-refractivity contribution in [2.75, 3.05) is 17.7 Å². The number of amides is 2. The number of pyridine rings is 2. The molecule has 310 valence electrons. The van der Waals surface area contributed by atoms with Crippen LogP contribution in [0.2, 0.25) is 0 Å². The lowest BCUT2D eigenvalue weighted by atomic mass is 9.98. The van der Waals surface area contributed by atoms with E-state index in [4.69, 9.17) is 9.72 Å². The van der Waals surface area contributed by atoms with Crippen molar-refractivity contribution < 1.29 is 32.3 Å². The molecule has 0 aliphatic heterocycles. The summed E-state index contributed by atoms with van der Waals surface area (Å²) in [6.45, 7) is 1.81. The molecule has 2 atom stereocenters. The number of hydrogen-bond donors (Lipinski definition) is 3. The number of halogens is 3. The van der Waals surface area contributed by atoms with Gasteiger partial charge in [-0.1, -0.05) is 54.6 Å². The van der Waals surface area contributed by atoms with Gasteiger partial charge in [0, 0.05) is 65.3 Å². The second-order valence-corrected chi connectivity index (χ2v) is 14.2. The molecule has 0 saturated carbocycles. The molecular weight excluding hydrogens is 800 g/mol. The van der Waals surface area contributed by atoms with Gasteiger partial charge in [0.15, 0.2) is 0 Å². The number of nitrogens with zero attached hydrogens (tertiary/aromatic N) is 6. The molecule has 4 aromatic carbocycles. The fraction of sp³-hybridized carbons (Fsp3) is 0.130. The molecule has 0 saturated heterocycles. The van der Waals surface area contributed by atoms with Gasteiger partial charge in [-0.05, 0) is 85.1 Å². The van der Waals surface area contributed by atoms with E-state index in [1.54, 1.807) is 120 Å². The Kier molecular flexibility index (Phi) is 11.4. The van der Waals surface area contributed by atoms with Crippen molar-refractivity contribution in [3.05, 3.63) is 157 Å². The fourth-order valence-corrected chi connectivity index (χ4v) is 7.14. The standard InChI is InChI=1S/C46H36F3N9O4/c1-27-15-17-32(25-35(27)57-45-53-22-19-34(56-45)31-13-7-20-51-26-31)54-43(60)40(62-44(61)46(47,48)49)38(23-28-9-4-3-5-10-28)58-37-18-16-30(42(59)50-2)24-36(37)55-41(58)33-14-6-11-29-12-8-21-52-39(29)33/h3-22,24-26,38,40H,23H2,1-2H3,(H,50,59)(H,54,60)(H,53,56,57)/t38-,40+/m1/s1. The third-order valence-corrected chi connectivity index (χ3v) is 10.1. The Hall–Kier alpha value is -8.01. The minimum atomic E-state index is -5.46. The first-order chi connectivity index (χ1) is 30.0. The number of ether oxygens (including phenoxy) is 1. The summed E-state index contributed by atoms with van der Waals surface area (Å²) in [7, 11) is 1.48. The maximum Gasteiger partial charge on any atom is 0.490 e. The van der Waals surface area contributed by atoms with E-state index < -0.39 is 36.1 Å². The minimum Gasteiger partial charge on any atom is -0.443 e. The first-order valence-electron chi connectivity index (χ1n) is 19.3. The van der Waals surface area contributed by atoms with Crippen molar-refractivity contribution in [2.45, 2.75) is 31.7 Å². The molecule has 62 heavy (non-hydrogen) atoms. The summed E-state index contributed by atoms with van der Waals surface area (Å²) >= 11 is 0. The van der Waals surface area contributed by atoms with Gasteiger partial charge in [0.2, 0.25) is 12.1 Å². The number of aryl methyl sites for hydroxylation is 1. The molecule has 0 bridgehead atoms. The normalized spacial score (nSPS) is 12.4. The quantitative estimate of drug-likeness (QED) is 0.102. The van der Waals surface area contributed by atoms with Crippen LogP contribution in [0, 0.1) is 6.92 Å². The van der Waals surface area contributed by atoms with Crippen molar-refractivity contribution in [3.8, 4) is 22.6 Å². The molecule has 8 rings (SSSR count). The Morgan fingerprint density at radius 1 is 0.823 bits per heavy atom. The highest BCUT2D eigenvalue weighted by atomic mass is 19.4. The lowest BCUT2D eigenvalue weighted by Gasteiger charge is -2.30. The Morgan fingerprint density at radius 3 is 2.40 bits per heavy atom. The van der Waals surface area contributed by atoms with Gasteiger partial charge in [-0.2, -0.15) is 13.2 Å². The molecule has 16 heteroatoms. The van der Waals surface area contributed by atoms with E-state index in [0.717, 1.165) is 16.5 Å². The Labute approximate surface area is 352 Å². The number of benzene rings is 4. The lowest BCUT2D eigenvalue weighted by Crippen LogP contribution is -2.43. The van der Waals surface area contributed by atoms with E-state index in [9.17, 15) is 27.6 Å². The van der Waals surface area contributed by atoms with Crippen LogP contribution in [0.4, 0.5) is 30.5 Å². The molecule has 2 amide bonds. The number of carbonyl (C=O) groups excluding carboxylic acids is 3. The average molecular weight is 836 g/mol. The highest BCUT2D eigenvalue weighted by Gasteiger charge is 2.46. The molecule has 4 heterocycles. The highest BCUT2D eigenvalue weighted by Crippen LogP contribution is 2.37. The molecular formula is C46H36F3N9O4. The van der Waals surface area contributed by atoms with Crippen LogP contribution in [-0.4, -0.2) is 66.6 Å². The Morgan fingerprint density at radius 2 is 1.63 bits per heavy atom. The number of esters is 1. The predicted molar refractivity (Wildman–Crippen MR) is 227 cm³/mol. The van der Waals surface area contributed by atoms with Crippen LogP contribution < -0.4 is 16.0 Å². The first-order valence-corrected chi connectivity index (χ1v) is 19.3. The minimum absolute atomic E-state index is 0.108. The van der Waals surface area contributed by atoms with Gasteiger partial charge in [-0.3, -0.25) is 19.6 Å². The number of fused-ring (bicyclic) bond motifs is 2.